The standard InChI is InChI=1S/C14H22N4O2/c1-11-8-13(18(19)20)14(15-9-11)16-10-12(2)17-6-4-3-5-7-17/h8-9,12H,3-7,10H2,1-2H3,(H,15,16). The molecule has 0 aliphatic carbocycles. The Labute approximate surface area is 119 Å². The Morgan fingerprint density at radius 1 is 1.45 bits per heavy atom. The van der Waals surface area contributed by atoms with Crippen LogP contribution in [0.4, 0.5) is 11.5 Å². The first kappa shape index (κ1) is 14.7. The lowest BCUT2D eigenvalue weighted by atomic mass is 10.1. The molecule has 0 aromatic carbocycles. The Morgan fingerprint density at radius 2 is 2.15 bits per heavy atom. The third-order valence-corrected chi connectivity index (χ3v) is 3.78. The molecule has 1 saturated heterocycles. The fourth-order valence-electron chi connectivity index (χ4n) is 2.56. The molecular formula is C14H22N4O2. The minimum absolute atomic E-state index is 0.0517. The van der Waals surface area contributed by atoms with E-state index in [-0.39, 0.29) is 10.6 Å². The molecule has 0 radical (unpaired) electrons. The van der Waals surface area contributed by atoms with E-state index in [0.717, 1.165) is 18.7 Å². The normalized spacial score (nSPS) is 17.7. The Hall–Kier alpha value is -1.69. The first-order valence-corrected chi connectivity index (χ1v) is 7.17. The fourth-order valence-corrected chi connectivity index (χ4v) is 2.56. The second kappa shape index (κ2) is 6.65. The molecular weight excluding hydrogens is 256 g/mol. The number of rotatable bonds is 5. The number of hydrogen-bond donors (Lipinski definition) is 1. The number of likely N-dealkylation sites (tertiary alicyclic amines) is 1. The van der Waals surface area contributed by atoms with E-state index < -0.39 is 0 Å². The number of nitrogens with one attached hydrogen (secondary N) is 1. The third kappa shape index (κ3) is 3.66. The highest BCUT2D eigenvalue weighted by molar-refractivity contribution is 5.56. The Balaban J connectivity index is 1.97. The molecule has 1 aliphatic heterocycles. The van der Waals surface area contributed by atoms with Crippen molar-refractivity contribution < 1.29 is 4.92 Å². The summed E-state index contributed by atoms with van der Waals surface area (Å²) < 4.78 is 0. The first-order chi connectivity index (χ1) is 9.58. The van der Waals surface area contributed by atoms with E-state index >= 15 is 0 Å². The molecule has 0 saturated carbocycles. The van der Waals surface area contributed by atoms with Gasteiger partial charge in [0.2, 0.25) is 5.82 Å². The quantitative estimate of drug-likeness (QED) is 0.662. The summed E-state index contributed by atoms with van der Waals surface area (Å²) >= 11 is 0. The Kier molecular flexibility index (Phi) is 4.89. The van der Waals surface area contributed by atoms with Crippen molar-refractivity contribution in [3.63, 3.8) is 0 Å². The number of hydrogen-bond acceptors (Lipinski definition) is 5. The highest BCUT2D eigenvalue weighted by atomic mass is 16.6. The largest absolute Gasteiger partial charge is 0.363 e. The van der Waals surface area contributed by atoms with E-state index in [0.29, 0.717) is 18.4 Å². The second-order valence-corrected chi connectivity index (χ2v) is 5.46. The molecule has 20 heavy (non-hydrogen) atoms. The van der Waals surface area contributed by atoms with Crippen LogP contribution in [0, 0.1) is 17.0 Å². The molecule has 1 N–H and O–H groups in total. The predicted molar refractivity (Wildman–Crippen MR) is 79.0 cm³/mol. The van der Waals surface area contributed by atoms with Crippen LogP contribution < -0.4 is 5.32 Å². The minimum Gasteiger partial charge on any atom is -0.363 e. The maximum atomic E-state index is 11.0. The maximum Gasteiger partial charge on any atom is 0.311 e. The molecule has 1 unspecified atom stereocenters. The van der Waals surface area contributed by atoms with Crippen LogP contribution in [-0.2, 0) is 0 Å². The zero-order chi connectivity index (χ0) is 14.5. The fraction of sp³-hybridized carbons (Fsp3) is 0.643. The van der Waals surface area contributed by atoms with Gasteiger partial charge in [-0.3, -0.25) is 15.0 Å². The highest BCUT2D eigenvalue weighted by Gasteiger charge is 2.19. The lowest BCUT2D eigenvalue weighted by Crippen LogP contribution is -2.41. The van der Waals surface area contributed by atoms with E-state index in [1.54, 1.807) is 19.2 Å². The number of nitrogens with zero attached hydrogens (tertiary/aromatic N) is 3. The van der Waals surface area contributed by atoms with Gasteiger partial charge in [-0.2, -0.15) is 0 Å². The number of nitro groups is 1. The predicted octanol–water partition coefficient (Wildman–Crippen LogP) is 2.58. The smallest absolute Gasteiger partial charge is 0.311 e. The average molecular weight is 278 g/mol. The van der Waals surface area contributed by atoms with Crippen LogP contribution in [0.1, 0.15) is 31.7 Å². The van der Waals surface area contributed by atoms with E-state index in [1.165, 1.54) is 19.3 Å². The van der Waals surface area contributed by atoms with Crippen molar-refractivity contribution in [2.45, 2.75) is 39.2 Å². The summed E-state index contributed by atoms with van der Waals surface area (Å²) in [7, 11) is 0. The van der Waals surface area contributed by atoms with Gasteiger partial charge in [-0.25, -0.2) is 4.98 Å². The molecule has 110 valence electrons. The number of aryl methyl sites for hydroxylation is 1. The molecule has 6 heteroatoms. The molecule has 0 bridgehead atoms. The van der Waals surface area contributed by atoms with Crippen LogP contribution in [0.2, 0.25) is 0 Å². The summed E-state index contributed by atoms with van der Waals surface area (Å²) in [5.74, 6) is 0.365. The van der Waals surface area contributed by atoms with E-state index in [1.807, 2.05) is 0 Å². The zero-order valence-corrected chi connectivity index (χ0v) is 12.1. The van der Waals surface area contributed by atoms with Gasteiger partial charge in [-0.1, -0.05) is 6.42 Å². The van der Waals surface area contributed by atoms with Crippen LogP contribution in [0.25, 0.3) is 0 Å². The van der Waals surface area contributed by atoms with E-state index in [2.05, 4.69) is 22.1 Å². The SMILES string of the molecule is Cc1cnc(NCC(C)N2CCCCC2)c([N+](=O)[O-])c1. The van der Waals surface area contributed by atoms with Crippen molar-refractivity contribution in [2.24, 2.45) is 0 Å². The monoisotopic (exact) mass is 278 g/mol. The van der Waals surface area contributed by atoms with Gasteiger partial charge >= 0.3 is 5.69 Å². The lowest BCUT2D eigenvalue weighted by molar-refractivity contribution is -0.384. The molecule has 1 aliphatic rings. The molecule has 2 heterocycles. The van der Waals surface area contributed by atoms with Crippen molar-refractivity contribution in [1.82, 2.24) is 9.88 Å². The van der Waals surface area contributed by atoms with Gasteiger partial charge in [-0.05, 0) is 45.3 Å². The number of aromatic nitrogens is 1. The summed E-state index contributed by atoms with van der Waals surface area (Å²) in [4.78, 5) is 17.2. The first-order valence-electron chi connectivity index (χ1n) is 7.17. The van der Waals surface area contributed by atoms with Crippen molar-refractivity contribution in [3.05, 3.63) is 27.9 Å². The van der Waals surface area contributed by atoms with Gasteiger partial charge in [-0.15, -0.1) is 0 Å². The molecule has 2 rings (SSSR count). The van der Waals surface area contributed by atoms with Crippen LogP contribution in [0.15, 0.2) is 12.3 Å². The van der Waals surface area contributed by atoms with E-state index in [9.17, 15) is 10.1 Å². The van der Waals surface area contributed by atoms with Crippen LogP contribution in [-0.4, -0.2) is 40.5 Å². The van der Waals surface area contributed by atoms with Gasteiger partial charge in [0.15, 0.2) is 0 Å². The minimum atomic E-state index is -0.381. The topological polar surface area (TPSA) is 71.3 Å². The van der Waals surface area contributed by atoms with Gasteiger partial charge in [0, 0.05) is 24.8 Å². The average Bonchev–Trinajstić information content (AvgIpc) is 2.46. The summed E-state index contributed by atoms with van der Waals surface area (Å²) in [5, 5.41) is 14.2. The van der Waals surface area contributed by atoms with Crippen molar-refractivity contribution in [1.29, 1.82) is 0 Å². The summed E-state index contributed by atoms with van der Waals surface area (Å²) in [6.45, 7) is 6.87. The number of piperidine rings is 1. The summed E-state index contributed by atoms with van der Waals surface area (Å²) in [6.07, 6.45) is 5.45. The zero-order valence-electron chi connectivity index (χ0n) is 12.1. The van der Waals surface area contributed by atoms with Crippen LogP contribution in [0.3, 0.4) is 0 Å². The van der Waals surface area contributed by atoms with Crippen molar-refractivity contribution in [2.75, 3.05) is 25.0 Å². The third-order valence-electron chi connectivity index (χ3n) is 3.78. The molecule has 0 amide bonds. The lowest BCUT2D eigenvalue weighted by Gasteiger charge is -2.32. The molecule has 6 nitrogen and oxygen atoms in total. The molecule has 0 spiro atoms. The van der Waals surface area contributed by atoms with Crippen LogP contribution in [0.5, 0.6) is 0 Å². The van der Waals surface area contributed by atoms with Gasteiger partial charge in [0.05, 0.1) is 4.92 Å². The molecule has 1 fully saturated rings. The van der Waals surface area contributed by atoms with Gasteiger partial charge in [0.25, 0.3) is 0 Å². The van der Waals surface area contributed by atoms with Crippen molar-refractivity contribution >= 4 is 11.5 Å². The number of pyridine rings is 1. The van der Waals surface area contributed by atoms with E-state index in [4.69, 9.17) is 0 Å². The van der Waals surface area contributed by atoms with Gasteiger partial charge < -0.3 is 5.32 Å². The highest BCUT2D eigenvalue weighted by Crippen LogP contribution is 2.22. The molecule has 1 atom stereocenters. The second-order valence-electron chi connectivity index (χ2n) is 5.46. The van der Waals surface area contributed by atoms with Gasteiger partial charge in [0.1, 0.15) is 0 Å². The van der Waals surface area contributed by atoms with Crippen LogP contribution >= 0.6 is 0 Å². The summed E-state index contributed by atoms with van der Waals surface area (Å²) in [6, 6.07) is 1.92. The summed E-state index contributed by atoms with van der Waals surface area (Å²) in [5.41, 5.74) is 0.849. The Morgan fingerprint density at radius 3 is 2.80 bits per heavy atom. The number of anilines is 1. The molecule has 1 aromatic rings. The van der Waals surface area contributed by atoms with Crippen molar-refractivity contribution in [3.8, 4) is 0 Å². The maximum absolute atomic E-state index is 11.0. The Bertz CT molecular complexity index is 472. The molecule has 1 aromatic heterocycles.